The first-order chi connectivity index (χ1) is 15.2. The summed E-state index contributed by atoms with van der Waals surface area (Å²) in [6, 6.07) is 11.7. The molecule has 32 heavy (non-hydrogen) atoms. The van der Waals surface area contributed by atoms with Gasteiger partial charge in [-0.2, -0.15) is 8.42 Å². The van der Waals surface area contributed by atoms with Crippen molar-refractivity contribution < 1.29 is 21.4 Å². The maximum atomic E-state index is 13.5. The lowest BCUT2D eigenvalue weighted by Crippen LogP contribution is -2.17. The summed E-state index contributed by atoms with van der Waals surface area (Å²) in [6.45, 7) is 2.19. The fourth-order valence-corrected chi connectivity index (χ4v) is 6.62. The second kappa shape index (κ2) is 12.4. The van der Waals surface area contributed by atoms with Gasteiger partial charge < -0.3 is 5.73 Å². The van der Waals surface area contributed by atoms with Gasteiger partial charge >= 0.3 is 0 Å². The summed E-state index contributed by atoms with van der Waals surface area (Å²) in [6.07, 6.45) is 10.1. The van der Waals surface area contributed by atoms with Gasteiger partial charge in [0.05, 0.1) is 15.0 Å². The van der Waals surface area contributed by atoms with E-state index in [0.29, 0.717) is 12.1 Å². The minimum atomic E-state index is -4.56. The van der Waals surface area contributed by atoms with Gasteiger partial charge in [-0.25, -0.2) is 8.42 Å². The summed E-state index contributed by atoms with van der Waals surface area (Å²) in [7, 11) is -8.45. The summed E-state index contributed by atoms with van der Waals surface area (Å²) in [5.74, 6) is 0. The highest BCUT2D eigenvalue weighted by Gasteiger charge is 2.32. The number of sulfone groups is 1. The molecule has 0 radical (unpaired) electrons. The number of unbranched alkanes of at least 4 members (excludes halogenated alkanes) is 8. The Morgan fingerprint density at radius 3 is 1.88 bits per heavy atom. The molecule has 2 aromatic rings. The van der Waals surface area contributed by atoms with Crippen LogP contribution in [0.3, 0.4) is 0 Å². The van der Waals surface area contributed by atoms with Crippen LogP contribution in [0, 0.1) is 0 Å². The van der Waals surface area contributed by atoms with Crippen LogP contribution in [0.2, 0.25) is 0 Å². The van der Waals surface area contributed by atoms with Crippen molar-refractivity contribution in [3.63, 3.8) is 0 Å². The molecule has 0 fully saturated rings. The van der Waals surface area contributed by atoms with Crippen LogP contribution in [0.4, 0.5) is 5.69 Å². The molecule has 178 valence electrons. The number of benzene rings is 2. The van der Waals surface area contributed by atoms with Crippen LogP contribution in [0.5, 0.6) is 0 Å². The minimum absolute atomic E-state index is 0.0813. The van der Waals surface area contributed by atoms with Gasteiger partial charge in [0.15, 0.2) is 9.84 Å². The van der Waals surface area contributed by atoms with Crippen LogP contribution in [0.25, 0.3) is 0 Å². The first-order valence-electron chi connectivity index (χ1n) is 11.3. The Balaban J connectivity index is 2.19. The number of nitrogen functional groups attached to an aromatic ring is 1. The second-order valence-corrected chi connectivity index (χ2v) is 11.8. The molecule has 0 bridgehead atoms. The van der Waals surface area contributed by atoms with Gasteiger partial charge in [-0.15, -0.1) is 0 Å². The fraction of sp³-hybridized carbons (Fsp3) is 0.500. The molecule has 0 aliphatic rings. The maximum Gasteiger partial charge on any atom is 0.294 e. The number of nitrogens with two attached hydrogens (primary N) is 1. The third-order valence-electron chi connectivity index (χ3n) is 5.70. The molecule has 0 spiro atoms. The van der Waals surface area contributed by atoms with E-state index >= 15 is 0 Å². The highest BCUT2D eigenvalue weighted by Crippen LogP contribution is 2.37. The van der Waals surface area contributed by atoms with E-state index < -0.39 is 25.2 Å². The van der Waals surface area contributed by atoms with Gasteiger partial charge in [0.2, 0.25) is 0 Å². The zero-order chi connectivity index (χ0) is 23.6. The highest BCUT2D eigenvalue weighted by molar-refractivity contribution is 7.91. The minimum Gasteiger partial charge on any atom is -0.399 e. The molecule has 0 saturated heterocycles. The van der Waals surface area contributed by atoms with Crippen LogP contribution >= 0.6 is 0 Å². The highest BCUT2D eigenvalue weighted by atomic mass is 32.2. The predicted molar refractivity (Wildman–Crippen MR) is 129 cm³/mol. The molecular formula is C24H35NO5S2. The van der Waals surface area contributed by atoms with E-state index in [1.807, 2.05) is 0 Å². The van der Waals surface area contributed by atoms with E-state index in [2.05, 4.69) is 6.92 Å². The predicted octanol–water partition coefficient (Wildman–Crippen LogP) is 5.95. The summed E-state index contributed by atoms with van der Waals surface area (Å²) < 4.78 is 60.5. The van der Waals surface area contributed by atoms with Crippen LogP contribution < -0.4 is 5.73 Å². The van der Waals surface area contributed by atoms with Crippen molar-refractivity contribution in [3.05, 3.63) is 54.1 Å². The standard InChI is InChI=1S/C24H35NO5S2/c1-2-3-4-5-6-7-8-9-10-14-23(22-13-11-12-15-24(22)32(28,29)30)31(26,27)21-18-16-20(25)17-19-21/h11-13,15-19,23H,2-10,14,25H2,1H3,(H,28,29,30). The number of hydrogen-bond acceptors (Lipinski definition) is 5. The van der Waals surface area contributed by atoms with E-state index in [1.54, 1.807) is 6.07 Å². The largest absolute Gasteiger partial charge is 0.399 e. The molecule has 3 N–H and O–H groups in total. The van der Waals surface area contributed by atoms with Crippen molar-refractivity contribution in [2.24, 2.45) is 0 Å². The van der Waals surface area contributed by atoms with Crippen molar-refractivity contribution in [2.75, 3.05) is 5.73 Å². The number of anilines is 1. The molecular weight excluding hydrogens is 446 g/mol. The SMILES string of the molecule is CCCCCCCCCCCC(c1ccccc1S(=O)(=O)O)S(=O)(=O)c1ccc(N)cc1. The maximum absolute atomic E-state index is 13.5. The Labute approximate surface area is 192 Å². The van der Waals surface area contributed by atoms with E-state index in [4.69, 9.17) is 5.73 Å². The molecule has 0 amide bonds. The second-order valence-electron chi connectivity index (χ2n) is 8.23. The fourth-order valence-electron chi connectivity index (χ4n) is 3.92. The van der Waals surface area contributed by atoms with Crippen LogP contribution in [-0.2, 0) is 20.0 Å². The Morgan fingerprint density at radius 2 is 1.31 bits per heavy atom. The number of hydrogen-bond donors (Lipinski definition) is 2. The lowest BCUT2D eigenvalue weighted by Gasteiger charge is -2.20. The molecule has 6 nitrogen and oxygen atoms in total. The van der Waals surface area contributed by atoms with E-state index in [1.165, 1.54) is 74.6 Å². The first kappa shape index (κ1) is 26.4. The van der Waals surface area contributed by atoms with Crippen molar-refractivity contribution in [1.29, 1.82) is 0 Å². The van der Waals surface area contributed by atoms with Crippen molar-refractivity contribution >= 4 is 25.6 Å². The topological polar surface area (TPSA) is 115 Å². The lowest BCUT2D eigenvalue weighted by molar-refractivity contribution is 0.481. The average molecular weight is 482 g/mol. The average Bonchev–Trinajstić information content (AvgIpc) is 2.75. The van der Waals surface area contributed by atoms with E-state index in [0.717, 1.165) is 19.3 Å². The zero-order valence-electron chi connectivity index (χ0n) is 18.7. The van der Waals surface area contributed by atoms with Gasteiger partial charge in [0.25, 0.3) is 10.1 Å². The first-order valence-corrected chi connectivity index (χ1v) is 14.3. The van der Waals surface area contributed by atoms with Gasteiger partial charge in [0.1, 0.15) is 0 Å². The summed E-state index contributed by atoms with van der Waals surface area (Å²) in [5, 5.41) is -1.08. The van der Waals surface area contributed by atoms with Crippen molar-refractivity contribution in [1.82, 2.24) is 0 Å². The van der Waals surface area contributed by atoms with E-state index in [-0.39, 0.29) is 21.8 Å². The molecule has 0 aromatic heterocycles. The Hall–Kier alpha value is -1.90. The van der Waals surface area contributed by atoms with Crippen molar-refractivity contribution in [3.8, 4) is 0 Å². The van der Waals surface area contributed by atoms with Gasteiger partial charge in [-0.3, -0.25) is 4.55 Å². The Bertz CT molecular complexity index is 1050. The van der Waals surface area contributed by atoms with Crippen LogP contribution in [0.1, 0.15) is 81.9 Å². The van der Waals surface area contributed by atoms with E-state index in [9.17, 15) is 21.4 Å². The number of rotatable bonds is 14. The molecule has 1 atom stereocenters. The molecule has 0 heterocycles. The molecule has 2 rings (SSSR count). The van der Waals surface area contributed by atoms with Gasteiger partial charge in [-0.05, 0) is 42.3 Å². The third kappa shape index (κ3) is 7.60. The molecule has 0 saturated carbocycles. The van der Waals surface area contributed by atoms with Gasteiger partial charge in [0, 0.05) is 5.69 Å². The van der Waals surface area contributed by atoms with Crippen LogP contribution in [-0.4, -0.2) is 21.4 Å². The third-order valence-corrected chi connectivity index (χ3v) is 8.79. The molecule has 0 aliphatic heterocycles. The zero-order valence-corrected chi connectivity index (χ0v) is 20.4. The Morgan fingerprint density at radius 1 is 0.781 bits per heavy atom. The molecule has 2 aromatic carbocycles. The van der Waals surface area contributed by atoms with Gasteiger partial charge in [-0.1, -0.05) is 82.9 Å². The smallest absolute Gasteiger partial charge is 0.294 e. The normalized spacial score (nSPS) is 13.2. The molecule has 8 heteroatoms. The summed E-state index contributed by atoms with van der Waals surface area (Å²) in [5.41, 5.74) is 6.24. The quantitative estimate of drug-likeness (QED) is 0.196. The summed E-state index contributed by atoms with van der Waals surface area (Å²) >= 11 is 0. The van der Waals surface area contributed by atoms with Crippen LogP contribution in [0.15, 0.2) is 58.3 Å². The monoisotopic (exact) mass is 481 g/mol. The summed E-state index contributed by atoms with van der Waals surface area (Å²) in [4.78, 5) is -0.280. The molecule has 1 unspecified atom stereocenters. The molecule has 0 aliphatic carbocycles. The lowest BCUT2D eigenvalue weighted by atomic mass is 10.0. The Kier molecular flexibility index (Phi) is 10.2. The van der Waals surface area contributed by atoms with Crippen molar-refractivity contribution in [2.45, 2.75) is 86.2 Å².